The Hall–Kier alpha value is -1.94. The van der Waals surface area contributed by atoms with E-state index in [1.54, 1.807) is 6.07 Å². The first-order chi connectivity index (χ1) is 11.2. The van der Waals surface area contributed by atoms with Crippen molar-refractivity contribution < 1.29 is 13.5 Å². The molecule has 2 saturated heterocycles. The SMILES string of the molecule is Fc1cc(-c2ccccc2)cc(OC2CC3CCC(C2)N3)c1F. The highest BCUT2D eigenvalue weighted by Gasteiger charge is 2.35. The van der Waals surface area contributed by atoms with Gasteiger partial charge < -0.3 is 10.1 Å². The Morgan fingerprint density at radius 1 is 0.913 bits per heavy atom. The van der Waals surface area contributed by atoms with Crippen molar-refractivity contribution in [3.05, 3.63) is 54.1 Å². The van der Waals surface area contributed by atoms with E-state index in [1.807, 2.05) is 30.3 Å². The number of nitrogens with one attached hydrogen (secondary N) is 1. The molecule has 2 aromatic rings. The highest BCUT2D eigenvalue weighted by molar-refractivity contribution is 5.65. The van der Waals surface area contributed by atoms with Crippen molar-refractivity contribution in [2.45, 2.75) is 43.9 Å². The molecule has 0 amide bonds. The molecule has 0 radical (unpaired) electrons. The molecule has 2 heterocycles. The molecule has 2 bridgehead atoms. The first kappa shape index (κ1) is 14.6. The zero-order valence-electron chi connectivity index (χ0n) is 12.8. The predicted octanol–water partition coefficient (Wildman–Crippen LogP) is 4.29. The molecule has 2 unspecified atom stereocenters. The Morgan fingerprint density at radius 2 is 1.61 bits per heavy atom. The molecule has 4 rings (SSSR count). The molecule has 120 valence electrons. The first-order valence-electron chi connectivity index (χ1n) is 8.16. The van der Waals surface area contributed by atoms with Crippen molar-refractivity contribution in [1.29, 1.82) is 0 Å². The summed E-state index contributed by atoms with van der Waals surface area (Å²) in [6, 6.07) is 13.1. The summed E-state index contributed by atoms with van der Waals surface area (Å²) in [6.45, 7) is 0. The van der Waals surface area contributed by atoms with Crippen molar-refractivity contribution in [3.8, 4) is 16.9 Å². The van der Waals surface area contributed by atoms with Crippen LogP contribution in [0, 0.1) is 11.6 Å². The maximum atomic E-state index is 14.1. The monoisotopic (exact) mass is 315 g/mol. The van der Waals surface area contributed by atoms with Gasteiger partial charge in [-0.15, -0.1) is 0 Å². The van der Waals surface area contributed by atoms with Crippen LogP contribution < -0.4 is 10.1 Å². The Bertz CT molecular complexity index is 692. The molecule has 0 aliphatic carbocycles. The minimum atomic E-state index is -0.893. The third-order valence-corrected chi connectivity index (χ3v) is 4.83. The fourth-order valence-corrected chi connectivity index (χ4v) is 3.73. The van der Waals surface area contributed by atoms with Gasteiger partial charge in [0, 0.05) is 12.1 Å². The Labute approximate surface area is 134 Å². The average Bonchev–Trinajstić information content (AvgIpc) is 2.91. The van der Waals surface area contributed by atoms with Crippen molar-refractivity contribution in [1.82, 2.24) is 5.32 Å². The molecule has 2 aliphatic heterocycles. The van der Waals surface area contributed by atoms with Gasteiger partial charge in [-0.3, -0.25) is 0 Å². The number of halogens is 2. The fraction of sp³-hybridized carbons (Fsp3) is 0.368. The molecule has 0 spiro atoms. The number of benzene rings is 2. The molecule has 2 nitrogen and oxygen atoms in total. The fourth-order valence-electron chi connectivity index (χ4n) is 3.73. The smallest absolute Gasteiger partial charge is 0.200 e. The molecule has 1 N–H and O–H groups in total. The van der Waals surface area contributed by atoms with Crippen LogP contribution in [0.15, 0.2) is 42.5 Å². The summed E-state index contributed by atoms with van der Waals surface area (Å²) in [7, 11) is 0. The summed E-state index contributed by atoms with van der Waals surface area (Å²) in [6.07, 6.45) is 3.95. The minimum Gasteiger partial charge on any atom is -0.487 e. The second kappa shape index (κ2) is 5.93. The maximum absolute atomic E-state index is 14.1. The zero-order valence-corrected chi connectivity index (χ0v) is 12.8. The largest absolute Gasteiger partial charge is 0.487 e. The van der Waals surface area contributed by atoms with Gasteiger partial charge in [-0.2, -0.15) is 4.39 Å². The van der Waals surface area contributed by atoms with E-state index in [4.69, 9.17) is 4.74 Å². The normalized spacial score (nSPS) is 26.3. The van der Waals surface area contributed by atoms with Crippen molar-refractivity contribution in [3.63, 3.8) is 0 Å². The van der Waals surface area contributed by atoms with E-state index in [2.05, 4.69) is 5.32 Å². The van der Waals surface area contributed by atoms with Gasteiger partial charge in [0.05, 0.1) is 0 Å². The molecule has 2 aromatic carbocycles. The molecule has 23 heavy (non-hydrogen) atoms. The van der Waals surface area contributed by atoms with E-state index in [9.17, 15) is 8.78 Å². The summed E-state index contributed by atoms with van der Waals surface area (Å²) in [5.74, 6) is -1.73. The zero-order chi connectivity index (χ0) is 15.8. The van der Waals surface area contributed by atoms with Crippen LogP contribution in [0.3, 0.4) is 0 Å². The summed E-state index contributed by atoms with van der Waals surface area (Å²) < 4.78 is 34.0. The number of ether oxygens (including phenoxy) is 1. The highest BCUT2D eigenvalue weighted by Crippen LogP contribution is 2.33. The average molecular weight is 315 g/mol. The molecule has 0 aromatic heterocycles. The van der Waals surface area contributed by atoms with Gasteiger partial charge in [0.25, 0.3) is 0 Å². The van der Waals surface area contributed by atoms with Crippen LogP contribution in [-0.2, 0) is 0 Å². The third-order valence-electron chi connectivity index (χ3n) is 4.83. The lowest BCUT2D eigenvalue weighted by atomic mass is 10.0. The second-order valence-electron chi connectivity index (χ2n) is 6.49. The van der Waals surface area contributed by atoms with Gasteiger partial charge in [0.2, 0.25) is 5.82 Å². The van der Waals surface area contributed by atoms with E-state index in [0.717, 1.165) is 31.2 Å². The second-order valence-corrected chi connectivity index (χ2v) is 6.49. The Morgan fingerprint density at radius 3 is 2.30 bits per heavy atom. The summed E-state index contributed by atoms with van der Waals surface area (Å²) in [5, 5.41) is 3.52. The number of hydrogen-bond acceptors (Lipinski definition) is 2. The van der Waals surface area contributed by atoms with Gasteiger partial charge in [0.15, 0.2) is 11.6 Å². The van der Waals surface area contributed by atoms with Crippen LogP contribution in [0.4, 0.5) is 8.78 Å². The molecule has 2 aliphatic rings. The van der Waals surface area contributed by atoms with Crippen LogP contribution >= 0.6 is 0 Å². The van der Waals surface area contributed by atoms with Gasteiger partial charge in [0.1, 0.15) is 6.10 Å². The topological polar surface area (TPSA) is 21.3 Å². The van der Waals surface area contributed by atoms with Crippen molar-refractivity contribution in [2.24, 2.45) is 0 Å². The minimum absolute atomic E-state index is 0.0233. The molecule has 2 fully saturated rings. The highest BCUT2D eigenvalue weighted by atomic mass is 19.2. The van der Waals surface area contributed by atoms with Crippen LogP contribution in [0.2, 0.25) is 0 Å². The van der Waals surface area contributed by atoms with Gasteiger partial charge in [-0.1, -0.05) is 30.3 Å². The molecule has 4 heteroatoms. The van der Waals surface area contributed by atoms with E-state index in [-0.39, 0.29) is 11.9 Å². The Balaban J connectivity index is 1.61. The summed E-state index contributed by atoms with van der Waals surface area (Å²) in [5.41, 5.74) is 1.48. The summed E-state index contributed by atoms with van der Waals surface area (Å²) >= 11 is 0. The van der Waals surface area contributed by atoms with E-state index in [0.29, 0.717) is 17.6 Å². The lowest BCUT2D eigenvalue weighted by molar-refractivity contribution is 0.131. The van der Waals surface area contributed by atoms with Crippen molar-refractivity contribution >= 4 is 0 Å². The number of piperidine rings is 1. The quantitative estimate of drug-likeness (QED) is 0.912. The van der Waals surface area contributed by atoms with Crippen LogP contribution in [0.1, 0.15) is 25.7 Å². The number of fused-ring (bicyclic) bond motifs is 2. The standard InChI is InChI=1S/C19H19F2NO/c20-17-8-13(12-4-2-1-3-5-12)9-18(19(17)21)23-16-10-14-6-7-15(11-16)22-14/h1-5,8-9,14-16,22H,6-7,10-11H2. The van der Waals surface area contributed by atoms with Gasteiger partial charge in [-0.25, -0.2) is 4.39 Å². The van der Waals surface area contributed by atoms with Crippen LogP contribution in [0.25, 0.3) is 11.1 Å². The first-order valence-corrected chi connectivity index (χ1v) is 8.16. The molecular weight excluding hydrogens is 296 g/mol. The van der Waals surface area contributed by atoms with Crippen LogP contribution in [-0.4, -0.2) is 18.2 Å². The Kier molecular flexibility index (Phi) is 3.77. The maximum Gasteiger partial charge on any atom is 0.200 e. The lowest BCUT2D eigenvalue weighted by Gasteiger charge is -2.29. The number of hydrogen-bond donors (Lipinski definition) is 1. The van der Waals surface area contributed by atoms with E-state index >= 15 is 0 Å². The van der Waals surface area contributed by atoms with Gasteiger partial charge >= 0.3 is 0 Å². The summed E-state index contributed by atoms with van der Waals surface area (Å²) in [4.78, 5) is 0. The third kappa shape index (κ3) is 2.95. The van der Waals surface area contributed by atoms with Crippen molar-refractivity contribution in [2.75, 3.05) is 0 Å². The predicted molar refractivity (Wildman–Crippen MR) is 85.4 cm³/mol. The molecule has 0 saturated carbocycles. The van der Waals surface area contributed by atoms with Gasteiger partial charge in [-0.05, 0) is 48.9 Å². The molecule has 2 atom stereocenters. The number of rotatable bonds is 3. The molecular formula is C19H19F2NO. The van der Waals surface area contributed by atoms with E-state index in [1.165, 1.54) is 6.07 Å². The lowest BCUT2D eigenvalue weighted by Crippen LogP contribution is -2.42. The van der Waals surface area contributed by atoms with Crippen LogP contribution in [0.5, 0.6) is 5.75 Å². The van der Waals surface area contributed by atoms with E-state index < -0.39 is 11.6 Å².